The monoisotopic (exact) mass is 390 g/mol. The van der Waals surface area contributed by atoms with Crippen molar-refractivity contribution >= 4 is 21.6 Å². The molecule has 0 saturated carbocycles. The number of sulfonamides is 1. The molecule has 0 aromatic heterocycles. The molecule has 146 valence electrons. The van der Waals surface area contributed by atoms with Gasteiger partial charge in [0.1, 0.15) is 10.6 Å². The van der Waals surface area contributed by atoms with E-state index in [0.717, 1.165) is 6.42 Å². The smallest absolute Gasteiger partial charge is 0.255 e. The van der Waals surface area contributed by atoms with Crippen LogP contribution in [-0.4, -0.2) is 27.0 Å². The number of hydrogen-bond donors (Lipinski definition) is 2. The van der Waals surface area contributed by atoms with Gasteiger partial charge in [-0.25, -0.2) is 13.1 Å². The Morgan fingerprint density at radius 2 is 1.70 bits per heavy atom. The van der Waals surface area contributed by atoms with Gasteiger partial charge in [-0.1, -0.05) is 19.1 Å². The first-order valence-corrected chi connectivity index (χ1v) is 10.2. The minimum absolute atomic E-state index is 0.0751. The Morgan fingerprint density at radius 1 is 1.07 bits per heavy atom. The fourth-order valence-electron chi connectivity index (χ4n) is 2.51. The second-order valence-electron chi connectivity index (χ2n) is 7.23. The molecular weight excluding hydrogens is 364 g/mol. The zero-order valence-corrected chi connectivity index (χ0v) is 17.1. The molecule has 0 heterocycles. The highest BCUT2D eigenvalue weighted by molar-refractivity contribution is 7.89. The van der Waals surface area contributed by atoms with Crippen molar-refractivity contribution in [2.24, 2.45) is 0 Å². The maximum Gasteiger partial charge on any atom is 0.255 e. The molecule has 27 heavy (non-hydrogen) atoms. The van der Waals surface area contributed by atoms with Crippen molar-refractivity contribution in [3.8, 4) is 5.75 Å². The number of anilines is 1. The molecular formula is C20H26N2O4S. The van der Waals surface area contributed by atoms with E-state index in [1.165, 1.54) is 30.9 Å². The van der Waals surface area contributed by atoms with E-state index in [9.17, 15) is 13.2 Å². The van der Waals surface area contributed by atoms with E-state index >= 15 is 0 Å². The van der Waals surface area contributed by atoms with Gasteiger partial charge in [0, 0.05) is 16.8 Å². The van der Waals surface area contributed by atoms with Crippen LogP contribution in [0.15, 0.2) is 47.4 Å². The molecule has 0 bridgehead atoms. The van der Waals surface area contributed by atoms with Crippen molar-refractivity contribution in [2.45, 2.75) is 44.6 Å². The molecule has 0 aliphatic heterocycles. The maximum atomic E-state index is 12.7. The number of aryl methyl sites for hydroxylation is 1. The number of nitrogens with one attached hydrogen (secondary N) is 2. The summed E-state index contributed by atoms with van der Waals surface area (Å²) in [6, 6.07) is 11.8. The first kappa shape index (κ1) is 20.9. The van der Waals surface area contributed by atoms with Gasteiger partial charge < -0.3 is 10.1 Å². The average Bonchev–Trinajstić information content (AvgIpc) is 2.59. The molecule has 0 atom stereocenters. The number of carbonyl (C=O) groups excluding carboxylic acids is 1. The zero-order chi connectivity index (χ0) is 20.2. The topological polar surface area (TPSA) is 84.5 Å². The lowest BCUT2D eigenvalue weighted by Crippen LogP contribution is -2.40. The van der Waals surface area contributed by atoms with Crippen LogP contribution in [0.3, 0.4) is 0 Å². The van der Waals surface area contributed by atoms with E-state index in [-0.39, 0.29) is 16.2 Å². The van der Waals surface area contributed by atoms with Crippen molar-refractivity contribution in [1.29, 1.82) is 0 Å². The number of amides is 1. The van der Waals surface area contributed by atoms with Gasteiger partial charge in [0.15, 0.2) is 0 Å². The van der Waals surface area contributed by atoms with Crippen molar-refractivity contribution in [1.82, 2.24) is 4.72 Å². The Morgan fingerprint density at radius 3 is 2.22 bits per heavy atom. The van der Waals surface area contributed by atoms with Gasteiger partial charge >= 0.3 is 0 Å². The Bertz CT molecular complexity index is 914. The van der Waals surface area contributed by atoms with Crippen molar-refractivity contribution in [2.75, 3.05) is 12.4 Å². The summed E-state index contributed by atoms with van der Waals surface area (Å²) < 4.78 is 33.2. The van der Waals surface area contributed by atoms with Crippen LogP contribution >= 0.6 is 0 Å². The van der Waals surface area contributed by atoms with Gasteiger partial charge in [0.05, 0.1) is 7.11 Å². The summed E-state index contributed by atoms with van der Waals surface area (Å²) >= 11 is 0. The Balaban J connectivity index is 2.33. The fraction of sp³-hybridized carbons (Fsp3) is 0.350. The van der Waals surface area contributed by atoms with Crippen LogP contribution in [0.2, 0.25) is 0 Å². The summed E-state index contributed by atoms with van der Waals surface area (Å²) in [6.45, 7) is 7.28. The number of carbonyl (C=O) groups is 1. The molecule has 6 nitrogen and oxygen atoms in total. The Hall–Kier alpha value is -2.38. The van der Waals surface area contributed by atoms with Gasteiger partial charge in [-0.05, 0) is 63.1 Å². The number of rotatable bonds is 6. The number of benzene rings is 2. The second kappa shape index (κ2) is 8.10. The number of hydrogen-bond acceptors (Lipinski definition) is 4. The molecule has 2 N–H and O–H groups in total. The van der Waals surface area contributed by atoms with Crippen molar-refractivity contribution < 1.29 is 17.9 Å². The molecule has 2 aromatic rings. The van der Waals surface area contributed by atoms with Gasteiger partial charge in [0.25, 0.3) is 5.91 Å². The minimum Gasteiger partial charge on any atom is -0.495 e. The molecule has 0 fully saturated rings. The minimum atomic E-state index is -3.85. The van der Waals surface area contributed by atoms with Gasteiger partial charge in [-0.3, -0.25) is 4.79 Å². The predicted octanol–water partition coefficient (Wildman–Crippen LogP) is 3.59. The van der Waals surface area contributed by atoms with Crippen molar-refractivity contribution in [3.05, 3.63) is 53.6 Å². The maximum absolute atomic E-state index is 12.7. The fourth-order valence-corrected chi connectivity index (χ4v) is 4.13. The molecule has 0 spiro atoms. The number of methoxy groups -OCH3 is 1. The van der Waals surface area contributed by atoms with Crippen LogP contribution in [-0.2, 0) is 16.4 Å². The van der Waals surface area contributed by atoms with Gasteiger partial charge in [-0.2, -0.15) is 0 Å². The summed E-state index contributed by atoms with van der Waals surface area (Å²) in [5.74, 6) is -0.218. The molecule has 0 radical (unpaired) electrons. The largest absolute Gasteiger partial charge is 0.495 e. The first-order valence-electron chi connectivity index (χ1n) is 8.68. The van der Waals surface area contributed by atoms with Crippen LogP contribution < -0.4 is 14.8 Å². The van der Waals surface area contributed by atoms with Crippen LogP contribution in [0.1, 0.15) is 43.6 Å². The highest BCUT2D eigenvalue weighted by Gasteiger charge is 2.26. The van der Waals surface area contributed by atoms with E-state index in [4.69, 9.17) is 4.74 Å². The van der Waals surface area contributed by atoms with E-state index in [1.807, 2.05) is 24.3 Å². The lowest BCUT2D eigenvalue weighted by atomic mass is 10.1. The molecule has 0 saturated heterocycles. The molecule has 0 unspecified atom stereocenters. The lowest BCUT2D eigenvalue weighted by Gasteiger charge is -2.21. The summed E-state index contributed by atoms with van der Waals surface area (Å²) in [5, 5.41) is 2.78. The Labute approximate surface area is 161 Å². The summed E-state index contributed by atoms with van der Waals surface area (Å²) in [4.78, 5) is 12.5. The van der Waals surface area contributed by atoms with Crippen LogP contribution in [0.25, 0.3) is 0 Å². The summed E-state index contributed by atoms with van der Waals surface area (Å²) in [5.41, 5.74) is 1.37. The molecule has 2 aromatic carbocycles. The van der Waals surface area contributed by atoms with Crippen LogP contribution in [0.5, 0.6) is 5.75 Å². The SMILES string of the molecule is CCc1ccc(NC(=O)c2ccc(OC)c(S(=O)(=O)NC(C)(C)C)c2)cc1. The Kier molecular flexibility index (Phi) is 6.28. The summed E-state index contributed by atoms with van der Waals surface area (Å²) in [7, 11) is -2.46. The second-order valence-corrected chi connectivity index (χ2v) is 8.88. The lowest BCUT2D eigenvalue weighted by molar-refractivity contribution is 0.102. The average molecular weight is 391 g/mol. The standard InChI is InChI=1S/C20H26N2O4S/c1-6-14-7-10-16(11-8-14)21-19(23)15-9-12-17(26-5)18(13-15)27(24,25)22-20(2,3)4/h7-13,22H,6H2,1-5H3,(H,21,23). The molecule has 0 aliphatic carbocycles. The van der Waals surface area contributed by atoms with Crippen LogP contribution in [0, 0.1) is 0 Å². The first-order chi connectivity index (χ1) is 12.6. The van der Waals surface area contributed by atoms with E-state index < -0.39 is 21.5 Å². The molecule has 1 amide bonds. The molecule has 2 rings (SSSR count). The molecule has 0 aliphatic rings. The quantitative estimate of drug-likeness (QED) is 0.789. The molecule has 7 heteroatoms. The third kappa shape index (κ3) is 5.55. The highest BCUT2D eigenvalue weighted by atomic mass is 32.2. The van der Waals surface area contributed by atoms with Crippen molar-refractivity contribution in [3.63, 3.8) is 0 Å². The third-order valence-corrected chi connectivity index (χ3v) is 5.56. The van der Waals surface area contributed by atoms with Crippen LogP contribution in [0.4, 0.5) is 5.69 Å². The number of ether oxygens (including phenoxy) is 1. The normalized spacial score (nSPS) is 11.9. The zero-order valence-electron chi connectivity index (χ0n) is 16.3. The van der Waals surface area contributed by atoms with Gasteiger partial charge in [0.2, 0.25) is 10.0 Å². The van der Waals surface area contributed by atoms with E-state index in [1.54, 1.807) is 20.8 Å². The highest BCUT2D eigenvalue weighted by Crippen LogP contribution is 2.26. The van der Waals surface area contributed by atoms with E-state index in [2.05, 4.69) is 17.0 Å². The summed E-state index contributed by atoms with van der Waals surface area (Å²) in [6.07, 6.45) is 0.911. The predicted molar refractivity (Wildman–Crippen MR) is 107 cm³/mol. The van der Waals surface area contributed by atoms with Gasteiger partial charge in [-0.15, -0.1) is 0 Å². The third-order valence-electron chi connectivity index (χ3n) is 3.78. The van der Waals surface area contributed by atoms with E-state index in [0.29, 0.717) is 5.69 Å².